The van der Waals surface area contributed by atoms with Gasteiger partial charge >= 0.3 is 0 Å². The summed E-state index contributed by atoms with van der Waals surface area (Å²) in [7, 11) is 0. The highest BCUT2D eigenvalue weighted by molar-refractivity contribution is 5.92. The molecule has 232 valence electrons. The molecule has 11 nitrogen and oxygen atoms in total. The maximum Gasteiger partial charge on any atom is 0.270 e. The van der Waals surface area contributed by atoms with Crippen LogP contribution >= 0.6 is 0 Å². The van der Waals surface area contributed by atoms with Gasteiger partial charge in [-0.3, -0.25) is 14.3 Å². The molecule has 13 heteroatoms. The van der Waals surface area contributed by atoms with Gasteiger partial charge in [0.1, 0.15) is 5.69 Å². The number of nitrogens with zero attached hydrogens (tertiary/aromatic N) is 6. The number of halogens is 2. The molecule has 3 aromatic rings. The number of hydrogen-bond donors (Lipinski definition) is 2. The number of nitrogens with one attached hydrogen (secondary N) is 2. The summed E-state index contributed by atoms with van der Waals surface area (Å²) in [5.74, 6) is -2.53. The third kappa shape index (κ3) is 6.41. The van der Waals surface area contributed by atoms with E-state index in [1.807, 2.05) is 6.92 Å². The van der Waals surface area contributed by atoms with Crippen molar-refractivity contribution in [1.82, 2.24) is 40.0 Å². The molecule has 6 rings (SSSR count). The smallest absolute Gasteiger partial charge is 0.270 e. The summed E-state index contributed by atoms with van der Waals surface area (Å²) in [6.07, 6.45) is 6.22. The lowest BCUT2D eigenvalue weighted by molar-refractivity contribution is -0.127. The molecule has 1 aliphatic carbocycles. The van der Waals surface area contributed by atoms with Gasteiger partial charge in [-0.2, -0.15) is 10.2 Å². The SMILES string of the molecule is CCn1nccc1C(=O)N[C@H](c1cn2nc(C[C@@H]3C[C@@H](C)CNC3=O)c(C3CCOCC3)nc2n1)C1CCC(F)(F)CC1. The highest BCUT2D eigenvalue weighted by Gasteiger charge is 2.40. The lowest BCUT2D eigenvalue weighted by atomic mass is 9.81. The Morgan fingerprint density at radius 1 is 1.21 bits per heavy atom. The second kappa shape index (κ2) is 12.3. The maximum atomic E-state index is 14.1. The van der Waals surface area contributed by atoms with Crippen LogP contribution in [0.3, 0.4) is 0 Å². The van der Waals surface area contributed by atoms with Gasteiger partial charge in [0.2, 0.25) is 11.8 Å². The molecule has 1 saturated carbocycles. The molecule has 2 saturated heterocycles. The predicted octanol–water partition coefficient (Wildman–Crippen LogP) is 3.85. The highest BCUT2D eigenvalue weighted by Crippen LogP contribution is 2.41. The highest BCUT2D eigenvalue weighted by atomic mass is 19.3. The van der Waals surface area contributed by atoms with Crippen molar-refractivity contribution in [3.8, 4) is 0 Å². The van der Waals surface area contributed by atoms with E-state index in [1.54, 1.807) is 27.7 Å². The lowest BCUT2D eigenvalue weighted by Gasteiger charge is -2.33. The molecule has 0 radical (unpaired) electrons. The fourth-order valence-corrected chi connectivity index (χ4v) is 6.80. The summed E-state index contributed by atoms with van der Waals surface area (Å²) in [4.78, 5) is 36.0. The number of piperidine rings is 1. The van der Waals surface area contributed by atoms with Crippen molar-refractivity contribution in [2.24, 2.45) is 17.8 Å². The van der Waals surface area contributed by atoms with Crippen LogP contribution in [0.2, 0.25) is 0 Å². The molecular weight excluding hydrogens is 558 g/mol. The number of carbonyl (C=O) groups excluding carboxylic acids is 2. The van der Waals surface area contributed by atoms with Crippen molar-refractivity contribution < 1.29 is 23.1 Å². The Kier molecular flexibility index (Phi) is 8.43. The first kappa shape index (κ1) is 29.6. The molecule has 3 aromatic heterocycles. The summed E-state index contributed by atoms with van der Waals surface area (Å²) in [6.45, 7) is 6.49. The van der Waals surface area contributed by atoms with Crippen LogP contribution in [0.15, 0.2) is 18.5 Å². The Hall–Kier alpha value is -3.48. The quantitative estimate of drug-likeness (QED) is 0.403. The molecule has 0 unspecified atom stereocenters. The number of hydrogen-bond acceptors (Lipinski definition) is 7. The number of aryl methyl sites for hydroxylation is 1. The van der Waals surface area contributed by atoms with Crippen molar-refractivity contribution in [2.45, 2.75) is 89.6 Å². The molecule has 3 atom stereocenters. The van der Waals surface area contributed by atoms with Crippen molar-refractivity contribution in [1.29, 1.82) is 0 Å². The zero-order chi connectivity index (χ0) is 30.1. The van der Waals surface area contributed by atoms with E-state index in [-0.39, 0.29) is 55.3 Å². The number of rotatable bonds is 8. The van der Waals surface area contributed by atoms with Gasteiger partial charge in [-0.15, -0.1) is 0 Å². The van der Waals surface area contributed by atoms with Gasteiger partial charge in [0, 0.05) is 63.6 Å². The molecule has 0 spiro atoms. The second-order valence-corrected chi connectivity index (χ2v) is 12.4. The van der Waals surface area contributed by atoms with Crippen LogP contribution in [0.25, 0.3) is 5.78 Å². The van der Waals surface area contributed by atoms with Gasteiger partial charge in [0.25, 0.3) is 11.7 Å². The van der Waals surface area contributed by atoms with Gasteiger partial charge in [-0.1, -0.05) is 6.92 Å². The average Bonchev–Trinajstić information content (AvgIpc) is 3.65. The Morgan fingerprint density at radius 2 is 1.98 bits per heavy atom. The number of carbonyl (C=O) groups is 2. The number of amides is 2. The van der Waals surface area contributed by atoms with E-state index >= 15 is 0 Å². The topological polar surface area (TPSA) is 128 Å². The van der Waals surface area contributed by atoms with E-state index in [0.29, 0.717) is 55.8 Å². The van der Waals surface area contributed by atoms with Gasteiger partial charge in [0.15, 0.2) is 0 Å². The van der Waals surface area contributed by atoms with Crippen molar-refractivity contribution in [2.75, 3.05) is 19.8 Å². The summed E-state index contributed by atoms with van der Waals surface area (Å²) in [5.41, 5.74) is 2.54. The number of aromatic nitrogens is 6. The minimum Gasteiger partial charge on any atom is -0.381 e. The third-order valence-corrected chi connectivity index (χ3v) is 9.25. The fraction of sp³-hybridized carbons (Fsp3) is 0.667. The van der Waals surface area contributed by atoms with Gasteiger partial charge in [-0.25, -0.2) is 23.3 Å². The summed E-state index contributed by atoms with van der Waals surface area (Å²) in [5, 5.41) is 15.3. The molecular formula is C30H40F2N8O3. The Labute approximate surface area is 249 Å². The molecule has 0 bridgehead atoms. The van der Waals surface area contributed by atoms with Crippen LogP contribution in [-0.2, 0) is 22.5 Å². The summed E-state index contributed by atoms with van der Waals surface area (Å²) < 4.78 is 37.1. The van der Waals surface area contributed by atoms with Gasteiger partial charge in [0.05, 0.1) is 29.3 Å². The van der Waals surface area contributed by atoms with Crippen LogP contribution in [0.1, 0.15) is 98.3 Å². The average molecular weight is 599 g/mol. The molecule has 2 aliphatic heterocycles. The Morgan fingerprint density at radius 3 is 2.72 bits per heavy atom. The number of fused-ring (bicyclic) bond motifs is 1. The predicted molar refractivity (Wildman–Crippen MR) is 153 cm³/mol. The molecule has 3 aliphatic rings. The van der Waals surface area contributed by atoms with E-state index < -0.39 is 12.0 Å². The second-order valence-electron chi connectivity index (χ2n) is 12.4. The first-order valence-corrected chi connectivity index (χ1v) is 15.5. The minimum absolute atomic E-state index is 0.0347. The monoisotopic (exact) mass is 598 g/mol. The largest absolute Gasteiger partial charge is 0.381 e. The Balaban J connectivity index is 1.36. The maximum absolute atomic E-state index is 14.1. The molecule has 3 fully saturated rings. The first-order chi connectivity index (χ1) is 20.7. The molecule has 2 N–H and O–H groups in total. The fourth-order valence-electron chi connectivity index (χ4n) is 6.80. The van der Waals surface area contributed by atoms with Crippen molar-refractivity contribution in [3.63, 3.8) is 0 Å². The van der Waals surface area contributed by atoms with Gasteiger partial charge in [-0.05, 0) is 56.9 Å². The van der Waals surface area contributed by atoms with Crippen LogP contribution in [0.4, 0.5) is 8.78 Å². The van der Waals surface area contributed by atoms with Crippen molar-refractivity contribution >= 4 is 17.6 Å². The van der Waals surface area contributed by atoms with Crippen LogP contribution in [0.5, 0.6) is 0 Å². The summed E-state index contributed by atoms with van der Waals surface area (Å²) >= 11 is 0. The van der Waals surface area contributed by atoms with Crippen LogP contribution in [-0.4, -0.2) is 66.9 Å². The zero-order valence-corrected chi connectivity index (χ0v) is 24.8. The molecule has 0 aromatic carbocycles. The number of ether oxygens (including phenoxy) is 1. The first-order valence-electron chi connectivity index (χ1n) is 15.5. The molecule has 2 amide bonds. The van der Waals surface area contributed by atoms with E-state index in [4.69, 9.17) is 19.8 Å². The third-order valence-electron chi connectivity index (χ3n) is 9.25. The standard InChI is InChI=1S/C30H40F2N8O3/c1-3-39-24(6-11-34-39)28(42)36-26(19-4-9-30(31,32)10-5-19)23-17-40-29(35-23)37-25(20-7-12-43-13-8-20)22(38-40)15-21-14-18(2)16-33-27(21)41/h6,11,17-21,26H,3-5,7-10,12-16H2,1-2H3,(H,33,41)(H,36,42)/t18-,21+,26+/m1/s1. The van der Waals surface area contributed by atoms with E-state index in [0.717, 1.165) is 30.7 Å². The lowest BCUT2D eigenvalue weighted by Crippen LogP contribution is -2.41. The summed E-state index contributed by atoms with van der Waals surface area (Å²) in [6, 6.07) is 1.04. The van der Waals surface area contributed by atoms with E-state index in [9.17, 15) is 18.4 Å². The van der Waals surface area contributed by atoms with E-state index in [1.165, 1.54) is 0 Å². The van der Waals surface area contributed by atoms with E-state index in [2.05, 4.69) is 22.7 Å². The Bertz CT molecular complexity index is 1460. The molecule has 43 heavy (non-hydrogen) atoms. The zero-order valence-electron chi connectivity index (χ0n) is 24.8. The van der Waals surface area contributed by atoms with Crippen molar-refractivity contribution in [3.05, 3.63) is 41.2 Å². The number of imidazole rings is 1. The van der Waals surface area contributed by atoms with Crippen LogP contribution in [0, 0.1) is 17.8 Å². The normalized spacial score (nSPS) is 24.1. The van der Waals surface area contributed by atoms with Gasteiger partial charge < -0.3 is 15.4 Å². The van der Waals surface area contributed by atoms with Crippen LogP contribution < -0.4 is 10.6 Å². The molecule has 5 heterocycles. The number of alkyl halides is 2. The minimum atomic E-state index is -2.70.